The Kier molecular flexibility index (Phi) is 11.4. The van der Waals surface area contributed by atoms with E-state index in [-0.39, 0.29) is 6.03 Å². The molecule has 0 aliphatic heterocycles. The summed E-state index contributed by atoms with van der Waals surface area (Å²) in [5.74, 6) is 0.883. The van der Waals surface area contributed by atoms with Gasteiger partial charge in [0.05, 0.1) is 6.61 Å². The first-order valence-corrected chi connectivity index (χ1v) is 12.0. The van der Waals surface area contributed by atoms with E-state index in [1.165, 1.54) is 31.2 Å². The van der Waals surface area contributed by atoms with E-state index in [0.29, 0.717) is 13.2 Å². The molecule has 0 saturated carbocycles. The highest BCUT2D eigenvalue weighted by Crippen LogP contribution is 2.31. The van der Waals surface area contributed by atoms with E-state index < -0.39 is 0 Å². The molecule has 2 aromatic rings. The maximum atomic E-state index is 12.2. The highest BCUT2D eigenvalue weighted by Gasteiger charge is 2.10. The second-order valence-electron chi connectivity index (χ2n) is 8.60. The first kappa shape index (κ1) is 25.5. The highest BCUT2D eigenvalue weighted by atomic mass is 16.5. The number of nitrogens with one attached hydrogen (secondary N) is 1. The number of nitrogens with zero attached hydrogens (tertiary/aromatic N) is 1. The lowest BCUT2D eigenvalue weighted by molar-refractivity contribution is 0.203. The van der Waals surface area contributed by atoms with Crippen molar-refractivity contribution in [3.8, 4) is 16.9 Å². The highest BCUT2D eigenvalue weighted by molar-refractivity contribution is 5.73. The van der Waals surface area contributed by atoms with Crippen LogP contribution in [0.4, 0.5) is 4.79 Å². The molecule has 0 aliphatic rings. The second-order valence-corrected chi connectivity index (χ2v) is 8.60. The molecular weight excluding hydrogens is 396 g/mol. The second kappa shape index (κ2) is 14.3. The van der Waals surface area contributed by atoms with E-state index in [4.69, 9.17) is 4.74 Å². The van der Waals surface area contributed by atoms with Gasteiger partial charge >= 0.3 is 6.03 Å². The average molecular weight is 437 g/mol. The number of amides is 2. The van der Waals surface area contributed by atoms with E-state index in [0.717, 1.165) is 48.3 Å². The summed E-state index contributed by atoms with van der Waals surface area (Å²) in [6.07, 6.45) is 7.60. The molecule has 0 atom stereocenters. The molecule has 0 heterocycles. The van der Waals surface area contributed by atoms with E-state index >= 15 is 0 Å². The number of rotatable bonds is 14. The van der Waals surface area contributed by atoms with Gasteiger partial charge in [-0.1, -0.05) is 87.2 Å². The largest absolute Gasteiger partial charge is 0.493 e. The minimum atomic E-state index is -0.00563. The molecular formula is C28H40N2O2. The Balaban J connectivity index is 1.84. The summed E-state index contributed by atoms with van der Waals surface area (Å²) in [7, 11) is 1.84. The molecule has 0 bridgehead atoms. The maximum Gasteiger partial charge on any atom is 0.317 e. The van der Waals surface area contributed by atoms with Crippen molar-refractivity contribution in [1.82, 2.24) is 10.2 Å². The normalized spacial score (nSPS) is 10.6. The number of benzene rings is 2. The zero-order chi connectivity index (χ0) is 23.2. The lowest BCUT2D eigenvalue weighted by atomic mass is 10.00. The van der Waals surface area contributed by atoms with Gasteiger partial charge in [-0.05, 0) is 43.4 Å². The zero-order valence-corrected chi connectivity index (χ0v) is 20.2. The van der Waals surface area contributed by atoms with Crippen molar-refractivity contribution in [1.29, 1.82) is 0 Å². The minimum Gasteiger partial charge on any atom is -0.493 e. The molecule has 0 radical (unpaired) electrons. The molecule has 0 saturated heterocycles. The number of carbonyl (C=O) groups is 1. The Morgan fingerprint density at radius 1 is 1.03 bits per heavy atom. The molecule has 2 amide bonds. The topological polar surface area (TPSA) is 41.6 Å². The molecule has 0 aromatic heterocycles. The predicted octanol–water partition coefficient (Wildman–Crippen LogP) is 6.85. The molecule has 4 nitrogen and oxygen atoms in total. The molecule has 0 unspecified atom stereocenters. The van der Waals surface area contributed by atoms with Crippen LogP contribution in [0.15, 0.2) is 60.7 Å². The van der Waals surface area contributed by atoms with Crippen molar-refractivity contribution in [3.63, 3.8) is 0 Å². The molecule has 0 fully saturated rings. The van der Waals surface area contributed by atoms with Gasteiger partial charge in [-0.15, -0.1) is 0 Å². The lowest BCUT2D eigenvalue weighted by Crippen LogP contribution is -2.38. The van der Waals surface area contributed by atoms with Crippen molar-refractivity contribution in [2.24, 2.45) is 0 Å². The summed E-state index contributed by atoms with van der Waals surface area (Å²) in [6, 6.07) is 16.7. The number of carbonyl (C=O) groups excluding carboxylic acids is 1. The van der Waals surface area contributed by atoms with Crippen LogP contribution in [-0.4, -0.2) is 37.7 Å². The van der Waals surface area contributed by atoms with E-state index in [1.807, 2.05) is 32.2 Å². The molecule has 2 rings (SSSR count). The quantitative estimate of drug-likeness (QED) is 0.260. The Morgan fingerprint density at radius 2 is 1.78 bits per heavy atom. The third-order valence-electron chi connectivity index (χ3n) is 5.44. The summed E-state index contributed by atoms with van der Waals surface area (Å²) in [4.78, 5) is 14.0. The monoisotopic (exact) mass is 436 g/mol. The van der Waals surface area contributed by atoms with Gasteiger partial charge in [0.25, 0.3) is 0 Å². The number of hydrogen-bond acceptors (Lipinski definition) is 2. The van der Waals surface area contributed by atoms with Gasteiger partial charge in [-0.2, -0.15) is 0 Å². The van der Waals surface area contributed by atoms with Crippen LogP contribution < -0.4 is 10.1 Å². The maximum absolute atomic E-state index is 12.2. The molecule has 4 heteroatoms. The predicted molar refractivity (Wildman–Crippen MR) is 135 cm³/mol. The standard InChI is InChI=1S/C28H40N2O2/c1-5-6-7-8-12-18-29-28(31)30(4)19-13-20-32-27-22-24(21-23(2)3)16-17-26(27)25-14-10-9-11-15-25/h9-11,14-17,22H,2,5-8,12-13,18-21H2,1,3-4H3,(H,29,31). The van der Waals surface area contributed by atoms with Gasteiger partial charge in [-0.3, -0.25) is 0 Å². The zero-order valence-electron chi connectivity index (χ0n) is 20.2. The van der Waals surface area contributed by atoms with Gasteiger partial charge in [0.15, 0.2) is 0 Å². The SMILES string of the molecule is C=C(C)Cc1ccc(-c2ccccc2)c(OCCCN(C)C(=O)NCCCCCCC)c1. The summed E-state index contributed by atoms with van der Waals surface area (Å²) >= 11 is 0. The van der Waals surface area contributed by atoms with Gasteiger partial charge in [0.1, 0.15) is 5.75 Å². The number of hydrogen-bond donors (Lipinski definition) is 1. The van der Waals surface area contributed by atoms with Crippen molar-refractivity contribution >= 4 is 6.03 Å². The van der Waals surface area contributed by atoms with E-state index in [9.17, 15) is 4.79 Å². The number of ether oxygens (including phenoxy) is 1. The van der Waals surface area contributed by atoms with Gasteiger partial charge in [0, 0.05) is 25.7 Å². The van der Waals surface area contributed by atoms with Gasteiger partial charge < -0.3 is 15.0 Å². The van der Waals surface area contributed by atoms with Gasteiger partial charge in [0.2, 0.25) is 0 Å². The lowest BCUT2D eigenvalue weighted by Gasteiger charge is -2.19. The Hall–Kier alpha value is -2.75. The first-order chi connectivity index (χ1) is 15.5. The third-order valence-corrected chi connectivity index (χ3v) is 5.44. The van der Waals surface area contributed by atoms with Crippen LogP contribution in [-0.2, 0) is 6.42 Å². The van der Waals surface area contributed by atoms with Crippen LogP contribution in [0.1, 0.15) is 57.9 Å². The summed E-state index contributed by atoms with van der Waals surface area (Å²) < 4.78 is 6.19. The summed E-state index contributed by atoms with van der Waals surface area (Å²) in [5, 5.41) is 3.01. The van der Waals surface area contributed by atoms with Crippen LogP contribution in [0, 0.1) is 0 Å². The average Bonchev–Trinajstić information content (AvgIpc) is 2.79. The van der Waals surface area contributed by atoms with E-state index in [1.54, 1.807) is 4.90 Å². The first-order valence-electron chi connectivity index (χ1n) is 12.0. The number of urea groups is 1. The van der Waals surface area contributed by atoms with Crippen molar-refractivity contribution in [2.75, 3.05) is 26.7 Å². The molecule has 2 aromatic carbocycles. The molecule has 0 aliphatic carbocycles. The van der Waals surface area contributed by atoms with Crippen LogP contribution in [0.2, 0.25) is 0 Å². The van der Waals surface area contributed by atoms with Crippen molar-refractivity contribution in [2.45, 2.75) is 58.8 Å². The van der Waals surface area contributed by atoms with Crippen LogP contribution in [0.25, 0.3) is 11.1 Å². The van der Waals surface area contributed by atoms with E-state index in [2.05, 4.69) is 49.2 Å². The Labute approximate surface area is 194 Å². The Morgan fingerprint density at radius 3 is 2.50 bits per heavy atom. The Bertz CT molecular complexity index is 833. The smallest absolute Gasteiger partial charge is 0.317 e. The third kappa shape index (κ3) is 9.17. The fourth-order valence-electron chi connectivity index (χ4n) is 3.65. The molecule has 0 spiro atoms. The molecule has 1 N–H and O–H groups in total. The van der Waals surface area contributed by atoms with Crippen molar-refractivity contribution < 1.29 is 9.53 Å². The van der Waals surface area contributed by atoms with Crippen molar-refractivity contribution in [3.05, 3.63) is 66.2 Å². The molecule has 174 valence electrons. The van der Waals surface area contributed by atoms with Crippen LogP contribution in [0.3, 0.4) is 0 Å². The number of unbranched alkanes of at least 4 members (excludes halogenated alkanes) is 4. The van der Waals surface area contributed by atoms with Crippen LogP contribution >= 0.6 is 0 Å². The summed E-state index contributed by atoms with van der Waals surface area (Å²) in [5.41, 5.74) is 4.55. The fourth-order valence-corrected chi connectivity index (χ4v) is 3.65. The fraction of sp³-hybridized carbons (Fsp3) is 0.464. The minimum absolute atomic E-state index is 0.00563. The molecule has 32 heavy (non-hydrogen) atoms. The number of allylic oxidation sites excluding steroid dienone is 1. The summed E-state index contributed by atoms with van der Waals surface area (Å²) in [6.45, 7) is 10.2. The van der Waals surface area contributed by atoms with Gasteiger partial charge in [-0.25, -0.2) is 4.79 Å². The van der Waals surface area contributed by atoms with Crippen LogP contribution in [0.5, 0.6) is 5.75 Å².